The van der Waals surface area contributed by atoms with Gasteiger partial charge in [0.25, 0.3) is 0 Å². The molecule has 0 saturated heterocycles. The van der Waals surface area contributed by atoms with Gasteiger partial charge >= 0.3 is 6.18 Å². The molecule has 2 aromatic carbocycles. The van der Waals surface area contributed by atoms with Crippen molar-refractivity contribution in [3.8, 4) is 11.1 Å². The van der Waals surface area contributed by atoms with Gasteiger partial charge in [0.2, 0.25) is 5.91 Å². The molecule has 0 spiro atoms. The van der Waals surface area contributed by atoms with E-state index in [0.29, 0.717) is 21.2 Å². The molecule has 1 aromatic heterocycles. The molecule has 0 bridgehead atoms. The minimum absolute atomic E-state index is 0.132. The molecule has 0 aliphatic heterocycles. The van der Waals surface area contributed by atoms with E-state index in [1.807, 2.05) is 30.5 Å². The first-order valence-electron chi connectivity index (χ1n) is 8.94. The second-order valence-corrected chi connectivity index (χ2v) is 8.34. The Morgan fingerprint density at radius 3 is 2.50 bits per heavy atom. The van der Waals surface area contributed by atoms with Crippen LogP contribution in [0.15, 0.2) is 64.1 Å². The summed E-state index contributed by atoms with van der Waals surface area (Å²) in [6, 6.07) is 12.6. The maximum Gasteiger partial charge on any atom is 0.416 e. The van der Waals surface area contributed by atoms with Crippen molar-refractivity contribution in [3.05, 3.63) is 75.9 Å². The number of halogens is 4. The van der Waals surface area contributed by atoms with E-state index in [1.165, 1.54) is 12.3 Å². The summed E-state index contributed by atoms with van der Waals surface area (Å²) < 4.78 is 40.2. The van der Waals surface area contributed by atoms with Crippen LogP contribution in [0.5, 0.6) is 0 Å². The minimum Gasteiger partial charge on any atom is -0.310 e. The first-order valence-corrected chi connectivity index (χ1v) is 11.0. The van der Waals surface area contributed by atoms with Crippen molar-refractivity contribution in [1.29, 1.82) is 0 Å². The lowest BCUT2D eigenvalue weighted by atomic mass is 9.99. The van der Waals surface area contributed by atoms with E-state index in [0.717, 1.165) is 22.6 Å². The fourth-order valence-corrected chi connectivity index (χ4v) is 3.69. The molecule has 1 amide bonds. The van der Waals surface area contributed by atoms with Crippen LogP contribution in [0.25, 0.3) is 11.1 Å². The molecule has 0 aliphatic carbocycles. The van der Waals surface area contributed by atoms with E-state index < -0.39 is 11.7 Å². The van der Waals surface area contributed by atoms with Crippen LogP contribution in [-0.4, -0.2) is 17.1 Å². The van der Waals surface area contributed by atoms with Crippen LogP contribution in [0.4, 0.5) is 19.0 Å². The van der Waals surface area contributed by atoms with Gasteiger partial charge in [-0.3, -0.25) is 4.79 Å². The van der Waals surface area contributed by atoms with Gasteiger partial charge in [-0.15, -0.1) is 11.8 Å². The summed E-state index contributed by atoms with van der Waals surface area (Å²) in [6.45, 7) is 1.76. The lowest BCUT2D eigenvalue weighted by Gasteiger charge is -2.16. The second kappa shape index (κ2) is 9.22. The molecule has 0 atom stereocenters. The van der Waals surface area contributed by atoms with Gasteiger partial charge in [-0.25, -0.2) is 4.98 Å². The number of hydrogen-bond donors (Lipinski definition) is 1. The number of benzene rings is 2. The molecule has 30 heavy (non-hydrogen) atoms. The molecule has 8 heteroatoms. The van der Waals surface area contributed by atoms with E-state index in [4.69, 9.17) is 0 Å². The van der Waals surface area contributed by atoms with Crippen LogP contribution in [0.1, 0.15) is 16.7 Å². The maximum absolute atomic E-state index is 13.2. The normalized spacial score (nSPS) is 11.4. The number of pyridine rings is 1. The first-order chi connectivity index (χ1) is 14.2. The predicted octanol–water partition coefficient (Wildman–Crippen LogP) is 6.74. The largest absolute Gasteiger partial charge is 0.416 e. The van der Waals surface area contributed by atoms with Gasteiger partial charge in [0.1, 0.15) is 5.82 Å². The fraction of sp³-hybridized carbons (Fsp3) is 0.182. The number of carbonyl (C=O) groups excluding carboxylic acids is 1. The van der Waals surface area contributed by atoms with Gasteiger partial charge < -0.3 is 5.32 Å². The van der Waals surface area contributed by atoms with Crippen LogP contribution >= 0.6 is 27.7 Å². The molecule has 3 nitrogen and oxygen atoms in total. The molecule has 3 aromatic rings. The Kier molecular flexibility index (Phi) is 6.88. The molecule has 3 rings (SSSR count). The number of hydrogen-bond acceptors (Lipinski definition) is 3. The van der Waals surface area contributed by atoms with E-state index in [9.17, 15) is 18.0 Å². The third kappa shape index (κ3) is 5.23. The number of thioether (sulfide) groups is 1. The summed E-state index contributed by atoms with van der Waals surface area (Å²) in [5.74, 6) is -0.0740. The summed E-state index contributed by atoms with van der Waals surface area (Å²) in [7, 11) is 0. The number of carbonyl (C=O) groups is 1. The molecule has 0 saturated carbocycles. The molecule has 156 valence electrons. The number of alkyl halides is 3. The Morgan fingerprint density at radius 1 is 1.17 bits per heavy atom. The fourth-order valence-electron chi connectivity index (χ4n) is 2.98. The highest BCUT2D eigenvalue weighted by molar-refractivity contribution is 9.10. The highest BCUT2D eigenvalue weighted by Crippen LogP contribution is 2.37. The van der Waals surface area contributed by atoms with Crippen LogP contribution in [-0.2, 0) is 17.4 Å². The summed E-state index contributed by atoms with van der Waals surface area (Å²) >= 11 is 4.98. The quantitative estimate of drug-likeness (QED) is 0.399. The topological polar surface area (TPSA) is 42.0 Å². The second-order valence-electron chi connectivity index (χ2n) is 6.61. The Balaban J connectivity index is 1.92. The van der Waals surface area contributed by atoms with Gasteiger partial charge in [-0.2, -0.15) is 13.2 Å². The zero-order valence-corrected chi connectivity index (χ0v) is 18.6. The maximum atomic E-state index is 13.2. The zero-order valence-electron chi connectivity index (χ0n) is 16.2. The van der Waals surface area contributed by atoms with Crippen molar-refractivity contribution in [2.45, 2.75) is 24.4 Å². The average molecular weight is 495 g/mol. The van der Waals surface area contributed by atoms with Crippen molar-refractivity contribution in [1.82, 2.24) is 4.98 Å². The highest BCUT2D eigenvalue weighted by atomic mass is 79.9. The Morgan fingerprint density at radius 2 is 1.87 bits per heavy atom. The molecule has 1 N–H and O–H groups in total. The van der Waals surface area contributed by atoms with Crippen molar-refractivity contribution < 1.29 is 18.0 Å². The monoisotopic (exact) mass is 494 g/mol. The third-order valence-corrected chi connectivity index (χ3v) is 6.08. The van der Waals surface area contributed by atoms with Gasteiger partial charge in [0, 0.05) is 21.1 Å². The number of amides is 1. The lowest BCUT2D eigenvalue weighted by molar-refractivity contribution is -0.137. The average Bonchev–Trinajstić information content (AvgIpc) is 2.71. The van der Waals surface area contributed by atoms with E-state index >= 15 is 0 Å². The standard InChI is InChI=1S/C22H18BrF3N2OS/c1-13-18(23)12-27-21(20(13)15-4-3-5-16(11-15)22(24,25)26)28-19(29)10-14-6-8-17(30-2)9-7-14/h3-9,11-12H,10H2,1-2H3,(H,27,28,29). The third-order valence-electron chi connectivity index (χ3n) is 4.54. The molecule has 1 heterocycles. The van der Waals surface area contributed by atoms with E-state index in [1.54, 1.807) is 24.8 Å². The first kappa shape index (κ1) is 22.4. The molecular weight excluding hydrogens is 477 g/mol. The molecule has 0 radical (unpaired) electrons. The molecular formula is C22H18BrF3N2OS. The van der Waals surface area contributed by atoms with Crippen LogP contribution in [0, 0.1) is 6.92 Å². The number of rotatable bonds is 5. The SMILES string of the molecule is CSc1ccc(CC(=O)Nc2ncc(Br)c(C)c2-c2cccc(C(F)(F)F)c2)cc1. The number of nitrogens with zero attached hydrogens (tertiary/aromatic N) is 1. The Labute approximate surface area is 185 Å². The Hall–Kier alpha value is -2.32. The Bertz CT molecular complexity index is 1070. The van der Waals surface area contributed by atoms with Gasteiger partial charge in [0.15, 0.2) is 0 Å². The number of aromatic nitrogens is 1. The molecule has 0 fully saturated rings. The summed E-state index contributed by atoms with van der Waals surface area (Å²) in [4.78, 5) is 17.9. The summed E-state index contributed by atoms with van der Waals surface area (Å²) in [5.41, 5.74) is 1.53. The zero-order chi connectivity index (χ0) is 21.9. The lowest BCUT2D eigenvalue weighted by Crippen LogP contribution is -2.16. The van der Waals surface area contributed by atoms with Crippen molar-refractivity contribution in [2.75, 3.05) is 11.6 Å². The number of anilines is 1. The molecule has 0 unspecified atom stereocenters. The van der Waals surface area contributed by atoms with Gasteiger partial charge in [-0.1, -0.05) is 24.3 Å². The highest BCUT2D eigenvalue weighted by Gasteiger charge is 2.31. The summed E-state index contributed by atoms with van der Waals surface area (Å²) in [6.07, 6.45) is -0.836. The van der Waals surface area contributed by atoms with Crippen molar-refractivity contribution in [3.63, 3.8) is 0 Å². The molecule has 0 aliphatic rings. The predicted molar refractivity (Wildman–Crippen MR) is 118 cm³/mol. The number of nitrogens with one attached hydrogen (secondary N) is 1. The van der Waals surface area contributed by atoms with Crippen LogP contribution in [0.3, 0.4) is 0 Å². The van der Waals surface area contributed by atoms with E-state index in [2.05, 4.69) is 26.2 Å². The van der Waals surface area contributed by atoms with Gasteiger partial charge in [0.05, 0.1) is 12.0 Å². The van der Waals surface area contributed by atoms with Crippen molar-refractivity contribution in [2.24, 2.45) is 0 Å². The van der Waals surface area contributed by atoms with Gasteiger partial charge in [-0.05, 0) is 70.1 Å². The van der Waals surface area contributed by atoms with Crippen LogP contribution < -0.4 is 5.32 Å². The smallest absolute Gasteiger partial charge is 0.310 e. The minimum atomic E-state index is -4.46. The van der Waals surface area contributed by atoms with Crippen LogP contribution in [0.2, 0.25) is 0 Å². The van der Waals surface area contributed by atoms with Crippen molar-refractivity contribution >= 4 is 39.4 Å². The summed E-state index contributed by atoms with van der Waals surface area (Å²) in [5, 5.41) is 2.76. The van der Waals surface area contributed by atoms with E-state index in [-0.39, 0.29) is 18.1 Å².